The molecule has 3 rings (SSSR count). The molecule has 1 aromatic heterocycles. The Morgan fingerprint density at radius 3 is 2.95 bits per heavy atom. The van der Waals surface area contributed by atoms with Crippen LogP contribution in [-0.4, -0.2) is 16.3 Å². The number of benzene rings is 1. The van der Waals surface area contributed by atoms with E-state index in [0.717, 1.165) is 28.7 Å². The van der Waals surface area contributed by atoms with Crippen molar-refractivity contribution in [3.8, 4) is 0 Å². The molecule has 19 heavy (non-hydrogen) atoms. The fourth-order valence-corrected chi connectivity index (χ4v) is 3.41. The number of fused-ring (bicyclic) bond motifs is 1. The van der Waals surface area contributed by atoms with Crippen molar-refractivity contribution in [3.05, 3.63) is 59.4 Å². The molecule has 0 fully saturated rings. The average molecular weight is 286 g/mol. The summed E-state index contributed by atoms with van der Waals surface area (Å²) in [6.45, 7) is 0.757. The van der Waals surface area contributed by atoms with Crippen molar-refractivity contribution in [1.29, 1.82) is 0 Å². The Bertz CT molecular complexity index is 623. The summed E-state index contributed by atoms with van der Waals surface area (Å²) in [7, 11) is 0. The molecule has 2 nitrogen and oxygen atoms in total. The number of hydrogen-bond acceptors (Lipinski definition) is 4. The Morgan fingerprint density at radius 1 is 1.16 bits per heavy atom. The van der Waals surface area contributed by atoms with Gasteiger partial charge >= 0.3 is 0 Å². The number of aromatic nitrogens is 1. The monoisotopic (exact) mass is 286 g/mol. The number of aliphatic imine (C=N–C) groups is 1. The van der Waals surface area contributed by atoms with Gasteiger partial charge in [-0.1, -0.05) is 36.0 Å². The summed E-state index contributed by atoms with van der Waals surface area (Å²) in [5.41, 5.74) is 3.41. The lowest BCUT2D eigenvalue weighted by atomic mass is 10.2. The van der Waals surface area contributed by atoms with Crippen LogP contribution >= 0.6 is 23.5 Å². The van der Waals surface area contributed by atoms with Gasteiger partial charge in [-0.05, 0) is 30.0 Å². The first-order valence-corrected chi connectivity index (χ1v) is 8.33. The van der Waals surface area contributed by atoms with E-state index < -0.39 is 0 Å². The number of nitrogens with zero attached hydrogens (tertiary/aromatic N) is 2. The molecule has 1 aromatic carbocycles. The van der Waals surface area contributed by atoms with Crippen molar-refractivity contribution in [2.75, 3.05) is 6.26 Å². The minimum atomic E-state index is 0.757. The largest absolute Gasteiger partial charge is 0.271 e. The van der Waals surface area contributed by atoms with Crippen LogP contribution in [0.5, 0.6) is 0 Å². The van der Waals surface area contributed by atoms with E-state index in [1.807, 2.05) is 6.07 Å². The maximum absolute atomic E-state index is 4.69. The van der Waals surface area contributed by atoms with Crippen LogP contribution in [0.25, 0.3) is 0 Å². The summed E-state index contributed by atoms with van der Waals surface area (Å²) < 4.78 is 0. The summed E-state index contributed by atoms with van der Waals surface area (Å²) >= 11 is 3.51. The third-order valence-electron chi connectivity index (χ3n) is 2.89. The lowest BCUT2D eigenvalue weighted by Gasteiger charge is -2.15. The molecule has 2 aromatic rings. The zero-order chi connectivity index (χ0) is 13.1. The molecule has 0 spiro atoms. The molecule has 0 radical (unpaired) electrons. The first kappa shape index (κ1) is 12.8. The van der Waals surface area contributed by atoms with E-state index in [2.05, 4.69) is 52.6 Å². The van der Waals surface area contributed by atoms with Crippen LogP contribution in [0.3, 0.4) is 0 Å². The molecular weight excluding hydrogens is 272 g/mol. The summed E-state index contributed by atoms with van der Waals surface area (Å²) in [6.07, 6.45) is 2.09. The molecule has 0 N–H and O–H groups in total. The summed E-state index contributed by atoms with van der Waals surface area (Å²) in [4.78, 5) is 10.6. The van der Waals surface area contributed by atoms with Gasteiger partial charge in [0.25, 0.3) is 0 Å². The van der Waals surface area contributed by atoms with Gasteiger partial charge in [-0.15, -0.1) is 0 Å². The number of rotatable bonds is 3. The molecule has 0 saturated carbocycles. The standard InChI is InChI=1S/C15H14N2S2/c1-18-10-12-6-4-7-13(17-12)15-16-9-11-5-2-3-8-14(11)19-15/h2-8H,9-10H2,1H3. The zero-order valence-corrected chi connectivity index (χ0v) is 12.3. The van der Waals surface area contributed by atoms with Gasteiger partial charge in [-0.25, -0.2) is 4.98 Å². The first-order valence-electron chi connectivity index (χ1n) is 6.12. The van der Waals surface area contributed by atoms with Gasteiger partial charge < -0.3 is 0 Å². The number of pyridine rings is 1. The first-order chi connectivity index (χ1) is 9.36. The van der Waals surface area contributed by atoms with Crippen molar-refractivity contribution in [1.82, 2.24) is 4.98 Å². The molecule has 4 heteroatoms. The lowest BCUT2D eigenvalue weighted by molar-refractivity contribution is 1.02. The van der Waals surface area contributed by atoms with Crippen LogP contribution in [0.15, 0.2) is 52.4 Å². The van der Waals surface area contributed by atoms with E-state index in [-0.39, 0.29) is 0 Å². The van der Waals surface area contributed by atoms with Crippen molar-refractivity contribution in [2.24, 2.45) is 4.99 Å². The predicted octanol–water partition coefficient (Wildman–Crippen LogP) is 4.00. The summed E-state index contributed by atoms with van der Waals surface area (Å²) in [5.74, 6) is 0.947. The average Bonchev–Trinajstić information content (AvgIpc) is 2.47. The molecular formula is C15H14N2S2. The Balaban J connectivity index is 1.88. The van der Waals surface area contributed by atoms with Gasteiger partial charge in [-0.3, -0.25) is 4.99 Å². The maximum atomic E-state index is 4.69. The Labute approximate surface area is 121 Å². The number of thioether (sulfide) groups is 2. The van der Waals surface area contributed by atoms with Crippen LogP contribution in [0.2, 0.25) is 0 Å². The second-order valence-corrected chi connectivity index (χ2v) is 6.18. The van der Waals surface area contributed by atoms with Gasteiger partial charge in [-0.2, -0.15) is 11.8 Å². The van der Waals surface area contributed by atoms with E-state index in [1.54, 1.807) is 23.5 Å². The highest BCUT2D eigenvalue weighted by molar-refractivity contribution is 8.14. The third kappa shape index (κ3) is 2.85. The Hall–Kier alpha value is -1.26. The Kier molecular flexibility index (Phi) is 3.89. The Morgan fingerprint density at radius 2 is 2.05 bits per heavy atom. The van der Waals surface area contributed by atoms with Crippen LogP contribution in [0.1, 0.15) is 17.0 Å². The van der Waals surface area contributed by atoms with Gasteiger partial charge in [0.15, 0.2) is 0 Å². The van der Waals surface area contributed by atoms with E-state index in [9.17, 15) is 0 Å². The number of hydrogen-bond donors (Lipinski definition) is 0. The highest BCUT2D eigenvalue weighted by atomic mass is 32.2. The van der Waals surface area contributed by atoms with Crippen LogP contribution in [0, 0.1) is 0 Å². The summed E-state index contributed by atoms with van der Waals surface area (Å²) in [5, 5.41) is 1.03. The fourth-order valence-electron chi connectivity index (χ4n) is 1.99. The second-order valence-electron chi connectivity index (χ2n) is 4.28. The van der Waals surface area contributed by atoms with E-state index in [0.29, 0.717) is 0 Å². The molecule has 96 valence electrons. The zero-order valence-electron chi connectivity index (χ0n) is 10.7. The van der Waals surface area contributed by atoms with Gasteiger partial charge in [0, 0.05) is 10.6 Å². The van der Waals surface area contributed by atoms with E-state index in [1.165, 1.54) is 10.5 Å². The SMILES string of the molecule is CSCc1cccc(C2=NCc3ccccc3S2)n1. The third-order valence-corrected chi connectivity index (χ3v) is 4.62. The normalized spacial score (nSPS) is 13.8. The maximum Gasteiger partial charge on any atom is 0.121 e. The minimum Gasteiger partial charge on any atom is -0.271 e. The fraction of sp³-hybridized carbons (Fsp3) is 0.200. The molecule has 0 bridgehead atoms. The smallest absolute Gasteiger partial charge is 0.121 e. The van der Waals surface area contributed by atoms with Crippen LogP contribution in [0.4, 0.5) is 0 Å². The molecule has 2 heterocycles. The van der Waals surface area contributed by atoms with Crippen LogP contribution in [-0.2, 0) is 12.3 Å². The molecule has 0 amide bonds. The van der Waals surface area contributed by atoms with E-state index in [4.69, 9.17) is 0 Å². The lowest BCUT2D eigenvalue weighted by Crippen LogP contribution is -2.06. The van der Waals surface area contributed by atoms with Crippen molar-refractivity contribution < 1.29 is 0 Å². The van der Waals surface area contributed by atoms with Crippen molar-refractivity contribution in [3.63, 3.8) is 0 Å². The second kappa shape index (κ2) is 5.80. The van der Waals surface area contributed by atoms with Gasteiger partial charge in [0.1, 0.15) is 5.04 Å². The quantitative estimate of drug-likeness (QED) is 0.853. The molecule has 1 aliphatic heterocycles. The van der Waals surface area contributed by atoms with E-state index >= 15 is 0 Å². The predicted molar refractivity (Wildman–Crippen MR) is 84.0 cm³/mol. The molecule has 1 aliphatic rings. The topological polar surface area (TPSA) is 25.2 Å². The summed E-state index contributed by atoms with van der Waals surface area (Å²) in [6, 6.07) is 14.6. The van der Waals surface area contributed by atoms with Gasteiger partial charge in [0.05, 0.1) is 17.9 Å². The van der Waals surface area contributed by atoms with Crippen LogP contribution < -0.4 is 0 Å². The minimum absolute atomic E-state index is 0.757. The molecule has 0 saturated heterocycles. The molecule has 0 aliphatic carbocycles. The van der Waals surface area contributed by atoms with Crippen molar-refractivity contribution in [2.45, 2.75) is 17.2 Å². The highest BCUT2D eigenvalue weighted by Crippen LogP contribution is 2.31. The van der Waals surface area contributed by atoms with Crippen molar-refractivity contribution >= 4 is 28.6 Å². The van der Waals surface area contributed by atoms with Gasteiger partial charge in [0.2, 0.25) is 0 Å². The molecule has 0 unspecified atom stereocenters. The highest BCUT2D eigenvalue weighted by Gasteiger charge is 2.15. The molecule has 0 atom stereocenters.